The molecule has 0 saturated carbocycles. The van der Waals surface area contributed by atoms with E-state index in [2.05, 4.69) is 24.3 Å². The summed E-state index contributed by atoms with van der Waals surface area (Å²) in [7, 11) is 0. The van der Waals surface area contributed by atoms with Crippen molar-refractivity contribution in [2.24, 2.45) is 5.92 Å². The molecule has 1 aromatic heterocycles. The Balaban J connectivity index is 1.86. The Hall–Kier alpha value is -1.75. The van der Waals surface area contributed by atoms with Gasteiger partial charge in [-0.2, -0.15) is 5.10 Å². The normalized spacial score (nSPS) is 11.2. The third kappa shape index (κ3) is 3.87. The summed E-state index contributed by atoms with van der Waals surface area (Å²) in [6.07, 6.45) is 3.76. The van der Waals surface area contributed by atoms with Gasteiger partial charge in [0, 0.05) is 37.0 Å². The van der Waals surface area contributed by atoms with Crippen molar-refractivity contribution < 1.29 is 8.78 Å². The van der Waals surface area contributed by atoms with Crippen LogP contribution in [0.15, 0.2) is 30.6 Å². The minimum atomic E-state index is -0.811. The van der Waals surface area contributed by atoms with Crippen LogP contribution in [-0.2, 0) is 19.6 Å². The van der Waals surface area contributed by atoms with Crippen molar-refractivity contribution in [1.82, 2.24) is 15.1 Å². The third-order valence-corrected chi connectivity index (χ3v) is 2.92. The first-order chi connectivity index (χ1) is 9.56. The van der Waals surface area contributed by atoms with Crippen LogP contribution in [0.25, 0.3) is 0 Å². The molecule has 0 radical (unpaired) electrons. The monoisotopic (exact) mass is 279 g/mol. The van der Waals surface area contributed by atoms with E-state index in [9.17, 15) is 8.78 Å². The molecule has 1 N–H and O–H groups in total. The summed E-state index contributed by atoms with van der Waals surface area (Å²) in [5, 5.41) is 7.35. The Morgan fingerprint density at radius 3 is 2.80 bits per heavy atom. The summed E-state index contributed by atoms with van der Waals surface area (Å²) in [5.41, 5.74) is 1.36. The van der Waals surface area contributed by atoms with Crippen molar-refractivity contribution in [3.8, 4) is 0 Å². The molecule has 0 aliphatic carbocycles. The summed E-state index contributed by atoms with van der Waals surface area (Å²) in [6.45, 7) is 6.00. The highest BCUT2D eigenvalue weighted by atomic mass is 19.2. The highest BCUT2D eigenvalue weighted by Gasteiger charge is 2.07. The molecule has 1 aromatic carbocycles. The first kappa shape index (κ1) is 14.7. The van der Waals surface area contributed by atoms with E-state index < -0.39 is 11.6 Å². The highest BCUT2D eigenvalue weighted by Crippen LogP contribution is 2.11. The number of halogens is 2. The van der Waals surface area contributed by atoms with Gasteiger partial charge in [-0.25, -0.2) is 8.78 Å². The van der Waals surface area contributed by atoms with Crippen molar-refractivity contribution in [1.29, 1.82) is 0 Å². The molecule has 2 rings (SSSR count). The van der Waals surface area contributed by atoms with Gasteiger partial charge in [0.2, 0.25) is 0 Å². The van der Waals surface area contributed by atoms with Crippen LogP contribution in [0.5, 0.6) is 0 Å². The maximum absolute atomic E-state index is 13.4. The first-order valence-corrected chi connectivity index (χ1v) is 6.71. The number of benzene rings is 1. The molecule has 108 valence electrons. The van der Waals surface area contributed by atoms with E-state index >= 15 is 0 Å². The zero-order chi connectivity index (χ0) is 14.5. The number of nitrogens with one attached hydrogen (secondary N) is 1. The lowest BCUT2D eigenvalue weighted by molar-refractivity contribution is 0.482. The fourth-order valence-electron chi connectivity index (χ4n) is 2.00. The molecule has 2 aromatic rings. The van der Waals surface area contributed by atoms with Crippen molar-refractivity contribution in [2.75, 3.05) is 0 Å². The van der Waals surface area contributed by atoms with E-state index in [0.29, 0.717) is 24.6 Å². The Morgan fingerprint density at radius 1 is 1.25 bits per heavy atom. The largest absolute Gasteiger partial charge is 0.308 e. The molecule has 0 spiro atoms. The zero-order valence-electron chi connectivity index (χ0n) is 11.7. The molecule has 0 saturated heterocycles. The number of hydrogen-bond acceptors (Lipinski definition) is 2. The van der Waals surface area contributed by atoms with Gasteiger partial charge in [0.1, 0.15) is 0 Å². The van der Waals surface area contributed by atoms with Crippen LogP contribution in [0.1, 0.15) is 25.0 Å². The summed E-state index contributed by atoms with van der Waals surface area (Å²) in [6, 6.07) is 4.21. The minimum Gasteiger partial charge on any atom is -0.308 e. The molecule has 0 bridgehead atoms. The molecular formula is C15H19F2N3. The maximum atomic E-state index is 13.4. The van der Waals surface area contributed by atoms with Crippen LogP contribution >= 0.6 is 0 Å². The fraction of sp³-hybridized carbons (Fsp3) is 0.400. The van der Waals surface area contributed by atoms with Crippen molar-refractivity contribution in [3.05, 3.63) is 53.4 Å². The van der Waals surface area contributed by atoms with Crippen LogP contribution in [-0.4, -0.2) is 9.78 Å². The van der Waals surface area contributed by atoms with Gasteiger partial charge in [0.15, 0.2) is 11.6 Å². The molecule has 0 unspecified atom stereocenters. The van der Waals surface area contributed by atoms with Gasteiger partial charge >= 0.3 is 0 Å². The van der Waals surface area contributed by atoms with Crippen LogP contribution in [0.2, 0.25) is 0 Å². The van der Waals surface area contributed by atoms with Gasteiger partial charge in [-0.1, -0.05) is 26.0 Å². The Labute approximate surface area is 117 Å². The zero-order valence-corrected chi connectivity index (χ0v) is 11.7. The predicted molar refractivity (Wildman–Crippen MR) is 74.0 cm³/mol. The molecule has 3 nitrogen and oxygen atoms in total. The Kier molecular flexibility index (Phi) is 4.84. The number of aromatic nitrogens is 2. The Morgan fingerprint density at radius 2 is 2.05 bits per heavy atom. The van der Waals surface area contributed by atoms with E-state index in [1.807, 2.05) is 10.9 Å². The second-order valence-corrected chi connectivity index (χ2v) is 5.28. The molecule has 0 aliphatic rings. The van der Waals surface area contributed by atoms with Gasteiger partial charge in [-0.15, -0.1) is 0 Å². The third-order valence-electron chi connectivity index (χ3n) is 2.92. The summed E-state index contributed by atoms with van der Waals surface area (Å²) >= 11 is 0. The van der Waals surface area contributed by atoms with Crippen molar-refractivity contribution in [2.45, 2.75) is 33.5 Å². The summed E-state index contributed by atoms with van der Waals surface area (Å²) < 4.78 is 28.4. The molecular weight excluding hydrogens is 260 g/mol. The number of rotatable bonds is 6. The average Bonchev–Trinajstić information content (AvgIpc) is 2.81. The van der Waals surface area contributed by atoms with E-state index in [4.69, 9.17) is 0 Å². The average molecular weight is 279 g/mol. The molecule has 0 amide bonds. The van der Waals surface area contributed by atoms with Gasteiger partial charge in [0.05, 0.1) is 6.20 Å². The van der Waals surface area contributed by atoms with Crippen LogP contribution < -0.4 is 5.32 Å². The second kappa shape index (κ2) is 6.61. The number of nitrogens with zero attached hydrogens (tertiary/aromatic N) is 2. The lowest BCUT2D eigenvalue weighted by Gasteiger charge is -2.05. The molecule has 0 fully saturated rings. The van der Waals surface area contributed by atoms with E-state index in [-0.39, 0.29) is 0 Å². The number of hydrogen-bond donors (Lipinski definition) is 1. The molecule has 1 heterocycles. The predicted octanol–water partition coefficient (Wildman–Crippen LogP) is 3.11. The lowest BCUT2D eigenvalue weighted by atomic mass is 10.2. The quantitative estimate of drug-likeness (QED) is 0.880. The van der Waals surface area contributed by atoms with Gasteiger partial charge in [0.25, 0.3) is 0 Å². The highest BCUT2D eigenvalue weighted by molar-refractivity contribution is 5.18. The second-order valence-electron chi connectivity index (χ2n) is 5.28. The van der Waals surface area contributed by atoms with Crippen LogP contribution in [0.4, 0.5) is 8.78 Å². The standard InChI is InChI=1S/C15H19F2N3/c1-11(2)9-20-10-12(7-19-20)6-18-8-13-4-3-5-14(16)15(13)17/h3-5,7,10-11,18H,6,8-9H2,1-2H3. The summed E-state index contributed by atoms with van der Waals surface area (Å²) in [5.74, 6) is -1.05. The smallest absolute Gasteiger partial charge is 0.163 e. The van der Waals surface area contributed by atoms with Gasteiger partial charge in [-0.3, -0.25) is 4.68 Å². The van der Waals surface area contributed by atoms with E-state index in [0.717, 1.165) is 18.2 Å². The SMILES string of the molecule is CC(C)Cn1cc(CNCc2cccc(F)c2F)cn1. The lowest BCUT2D eigenvalue weighted by Crippen LogP contribution is -2.14. The van der Waals surface area contributed by atoms with Crippen molar-refractivity contribution in [3.63, 3.8) is 0 Å². The first-order valence-electron chi connectivity index (χ1n) is 6.71. The summed E-state index contributed by atoms with van der Waals surface area (Å²) in [4.78, 5) is 0. The van der Waals surface area contributed by atoms with Gasteiger partial charge < -0.3 is 5.32 Å². The molecule has 5 heteroatoms. The Bertz CT molecular complexity index is 564. The maximum Gasteiger partial charge on any atom is 0.163 e. The fourth-order valence-corrected chi connectivity index (χ4v) is 2.00. The molecule has 20 heavy (non-hydrogen) atoms. The van der Waals surface area contributed by atoms with E-state index in [1.165, 1.54) is 6.07 Å². The van der Waals surface area contributed by atoms with Gasteiger partial charge in [-0.05, 0) is 12.0 Å². The van der Waals surface area contributed by atoms with Crippen LogP contribution in [0, 0.1) is 17.6 Å². The minimum absolute atomic E-state index is 0.291. The topological polar surface area (TPSA) is 29.9 Å². The molecule has 0 atom stereocenters. The molecule has 0 aliphatic heterocycles. The van der Waals surface area contributed by atoms with Crippen LogP contribution in [0.3, 0.4) is 0 Å². The van der Waals surface area contributed by atoms with E-state index in [1.54, 1.807) is 12.3 Å². The van der Waals surface area contributed by atoms with Crippen molar-refractivity contribution >= 4 is 0 Å².